The molecule has 0 spiro atoms. The lowest BCUT2D eigenvalue weighted by Crippen LogP contribution is -2.76. The van der Waals surface area contributed by atoms with Gasteiger partial charge in [-0.2, -0.15) is 0 Å². The Bertz CT molecular complexity index is 223. The van der Waals surface area contributed by atoms with E-state index in [-0.39, 0.29) is 0 Å². The number of piperazine rings is 3. The van der Waals surface area contributed by atoms with E-state index >= 15 is 0 Å². The molecule has 3 saturated heterocycles. The Labute approximate surface area is 108 Å². The molecule has 2 nitrogen and oxygen atoms in total. The highest BCUT2D eigenvalue weighted by molar-refractivity contribution is 4.64. The Morgan fingerprint density at radius 1 is 0.824 bits per heavy atom. The fourth-order valence-corrected chi connectivity index (χ4v) is 3.89. The molecule has 2 heteroatoms. The van der Waals surface area contributed by atoms with Gasteiger partial charge in [0.2, 0.25) is 0 Å². The smallest absolute Gasteiger partial charge is 0.129 e. The summed E-state index contributed by atoms with van der Waals surface area (Å²) in [5, 5.41) is 0. The van der Waals surface area contributed by atoms with Gasteiger partial charge in [0.25, 0.3) is 0 Å². The van der Waals surface area contributed by atoms with Crippen LogP contribution >= 0.6 is 0 Å². The maximum Gasteiger partial charge on any atom is 0.129 e. The second-order valence-electron chi connectivity index (χ2n) is 6.78. The maximum absolute atomic E-state index is 2.42. The van der Waals surface area contributed by atoms with Gasteiger partial charge in [-0.25, -0.2) is 0 Å². The molecule has 0 N–H and O–H groups in total. The average molecular weight is 240 g/mol. The first kappa shape index (κ1) is 13.4. The Hall–Kier alpha value is -0.0800. The van der Waals surface area contributed by atoms with Gasteiger partial charge >= 0.3 is 0 Å². The number of nitrogens with zero attached hydrogens (tertiary/aromatic N) is 2. The summed E-state index contributed by atoms with van der Waals surface area (Å²) in [6.45, 7) is 17.4. The van der Waals surface area contributed by atoms with Crippen molar-refractivity contribution in [3.05, 3.63) is 0 Å². The third kappa shape index (κ3) is 2.68. The second-order valence-corrected chi connectivity index (χ2v) is 6.78. The van der Waals surface area contributed by atoms with Crippen molar-refractivity contribution in [1.29, 1.82) is 0 Å². The Kier molecular flexibility index (Phi) is 4.14. The van der Waals surface area contributed by atoms with Crippen molar-refractivity contribution in [3.63, 3.8) is 0 Å². The lowest BCUT2D eigenvalue weighted by atomic mass is 10.0. The molecule has 3 aliphatic rings. The van der Waals surface area contributed by atoms with Gasteiger partial charge in [0.05, 0.1) is 12.6 Å². The highest BCUT2D eigenvalue weighted by Gasteiger charge is 2.49. The highest BCUT2D eigenvalue weighted by atomic mass is 15.5. The van der Waals surface area contributed by atoms with E-state index in [0.717, 1.165) is 6.04 Å². The van der Waals surface area contributed by atoms with Crippen molar-refractivity contribution in [2.45, 2.75) is 52.5 Å². The second kappa shape index (κ2) is 5.27. The van der Waals surface area contributed by atoms with Crippen LogP contribution < -0.4 is 0 Å². The molecule has 0 amide bonds. The van der Waals surface area contributed by atoms with E-state index in [1.165, 1.54) is 80.5 Å². The first-order chi connectivity index (χ1) is 8.13. The molecule has 100 valence electrons. The van der Waals surface area contributed by atoms with Gasteiger partial charge < -0.3 is 8.97 Å². The minimum atomic E-state index is 0.845. The van der Waals surface area contributed by atoms with E-state index in [1.807, 2.05) is 0 Å². The van der Waals surface area contributed by atoms with Gasteiger partial charge in [-0.3, -0.25) is 0 Å². The zero-order valence-corrected chi connectivity index (χ0v) is 12.2. The molecule has 0 unspecified atom stereocenters. The predicted molar refractivity (Wildman–Crippen MR) is 73.9 cm³/mol. The van der Waals surface area contributed by atoms with E-state index < -0.39 is 0 Å². The van der Waals surface area contributed by atoms with Crippen molar-refractivity contribution < 1.29 is 8.97 Å². The molecule has 17 heavy (non-hydrogen) atoms. The Morgan fingerprint density at radius 2 is 1.41 bits per heavy atom. The summed E-state index contributed by atoms with van der Waals surface area (Å²) in [5.41, 5.74) is 0. The highest BCUT2D eigenvalue weighted by Crippen LogP contribution is 2.29. The lowest BCUT2D eigenvalue weighted by Gasteiger charge is -2.57. The Morgan fingerprint density at radius 3 is 1.88 bits per heavy atom. The molecule has 0 aromatic carbocycles. The molecule has 0 radical (unpaired) electrons. The molecule has 0 aliphatic carbocycles. The van der Waals surface area contributed by atoms with Crippen LogP contribution in [0.5, 0.6) is 0 Å². The van der Waals surface area contributed by atoms with E-state index in [1.54, 1.807) is 0 Å². The molecule has 2 bridgehead atoms. The minimum Gasteiger partial charge on any atom is -0.310 e. The minimum absolute atomic E-state index is 0.845. The van der Waals surface area contributed by atoms with Crippen LogP contribution in [-0.2, 0) is 0 Å². The summed E-state index contributed by atoms with van der Waals surface area (Å²) >= 11 is 0. The van der Waals surface area contributed by atoms with E-state index in [4.69, 9.17) is 0 Å². The predicted octanol–water partition coefficient (Wildman–Crippen LogP) is 2.64. The van der Waals surface area contributed by atoms with Crippen molar-refractivity contribution in [1.82, 2.24) is 0 Å². The lowest BCUT2D eigenvalue weighted by molar-refractivity contribution is -1.09. The van der Waals surface area contributed by atoms with Gasteiger partial charge in [0, 0.05) is 0 Å². The standard InChI is InChI=1S/C15H32N2/c1-4-5-6-7-8-16-9-12-17(13-10-16,14-11-16)15(2)3/h15H,4-14H2,1-3H3/q+2. The van der Waals surface area contributed by atoms with Crippen molar-refractivity contribution in [2.24, 2.45) is 0 Å². The molecule has 3 rings (SSSR count). The SMILES string of the molecule is CCCCCC[N+]12CC[N+](C(C)C)(CC1)CC2. The van der Waals surface area contributed by atoms with Crippen LogP contribution in [0.15, 0.2) is 0 Å². The molecular formula is C15H32N2+2. The third-order valence-electron chi connectivity index (χ3n) is 5.64. The maximum atomic E-state index is 2.42. The average Bonchev–Trinajstić information content (AvgIpc) is 2.37. The van der Waals surface area contributed by atoms with E-state index in [9.17, 15) is 0 Å². The molecule has 0 aromatic rings. The monoisotopic (exact) mass is 240 g/mol. The fraction of sp³-hybridized carbons (Fsp3) is 1.00. The molecule has 0 aromatic heterocycles. The van der Waals surface area contributed by atoms with Crippen molar-refractivity contribution in [3.8, 4) is 0 Å². The molecule has 3 heterocycles. The Balaban J connectivity index is 1.82. The number of quaternary nitrogens is 2. The number of hydrogen-bond donors (Lipinski definition) is 0. The van der Waals surface area contributed by atoms with Crippen LogP contribution in [0, 0.1) is 0 Å². The van der Waals surface area contributed by atoms with Crippen molar-refractivity contribution in [2.75, 3.05) is 45.8 Å². The van der Waals surface area contributed by atoms with Gasteiger partial charge in [-0.15, -0.1) is 0 Å². The summed E-state index contributed by atoms with van der Waals surface area (Å²) < 4.78 is 2.89. The molecule has 3 aliphatic heterocycles. The van der Waals surface area contributed by atoms with Crippen LogP contribution in [-0.4, -0.2) is 60.8 Å². The van der Waals surface area contributed by atoms with Gasteiger partial charge in [0.1, 0.15) is 39.3 Å². The van der Waals surface area contributed by atoms with Crippen LogP contribution in [0.1, 0.15) is 46.5 Å². The van der Waals surface area contributed by atoms with Gasteiger partial charge in [0.15, 0.2) is 0 Å². The number of unbranched alkanes of at least 4 members (excludes halogenated alkanes) is 3. The topological polar surface area (TPSA) is 0 Å². The summed E-state index contributed by atoms with van der Waals surface area (Å²) in [7, 11) is 0. The summed E-state index contributed by atoms with van der Waals surface area (Å²) in [6, 6.07) is 0.845. The summed E-state index contributed by atoms with van der Waals surface area (Å²) in [5.74, 6) is 0. The van der Waals surface area contributed by atoms with Gasteiger partial charge in [-0.05, 0) is 26.7 Å². The first-order valence-corrected chi connectivity index (χ1v) is 7.83. The van der Waals surface area contributed by atoms with Gasteiger partial charge in [-0.1, -0.05) is 19.8 Å². The van der Waals surface area contributed by atoms with Crippen LogP contribution in [0.3, 0.4) is 0 Å². The number of hydrogen-bond acceptors (Lipinski definition) is 0. The van der Waals surface area contributed by atoms with E-state index in [0.29, 0.717) is 0 Å². The molecule has 3 fully saturated rings. The summed E-state index contributed by atoms with van der Waals surface area (Å²) in [6.07, 6.45) is 5.73. The van der Waals surface area contributed by atoms with Crippen LogP contribution in [0.4, 0.5) is 0 Å². The third-order valence-corrected chi connectivity index (χ3v) is 5.64. The molecule has 0 saturated carbocycles. The van der Waals surface area contributed by atoms with Crippen LogP contribution in [0.2, 0.25) is 0 Å². The van der Waals surface area contributed by atoms with Crippen molar-refractivity contribution >= 4 is 0 Å². The largest absolute Gasteiger partial charge is 0.310 e. The molecule has 0 atom stereocenters. The summed E-state index contributed by atoms with van der Waals surface area (Å²) in [4.78, 5) is 0. The fourth-order valence-electron chi connectivity index (χ4n) is 3.89. The number of rotatable bonds is 6. The molecular weight excluding hydrogens is 208 g/mol. The first-order valence-electron chi connectivity index (χ1n) is 7.83. The van der Waals surface area contributed by atoms with Crippen LogP contribution in [0.25, 0.3) is 0 Å². The normalized spacial score (nSPS) is 36.7. The zero-order chi connectivity index (χ0) is 12.4. The zero-order valence-electron chi connectivity index (χ0n) is 12.2. The van der Waals surface area contributed by atoms with E-state index in [2.05, 4.69) is 20.8 Å². The quantitative estimate of drug-likeness (QED) is 0.494. The number of fused-ring (bicyclic) bond motifs is 3.